The predicted molar refractivity (Wildman–Crippen MR) is 87.2 cm³/mol. The molecule has 0 aliphatic rings. The highest BCUT2D eigenvalue weighted by Crippen LogP contribution is 2.26. The average Bonchev–Trinajstić information content (AvgIpc) is 2.50. The Morgan fingerprint density at radius 3 is 2.43 bits per heavy atom. The third-order valence-electron chi connectivity index (χ3n) is 2.87. The Kier molecular flexibility index (Phi) is 4.97. The Labute approximate surface area is 143 Å². The number of nitro benzene ring substituents is 1. The van der Waals surface area contributed by atoms with E-state index >= 15 is 0 Å². The second kappa shape index (κ2) is 6.76. The van der Waals surface area contributed by atoms with Crippen molar-refractivity contribution in [1.29, 1.82) is 0 Å². The molecule has 0 fully saturated rings. The minimum Gasteiger partial charge on any atom is -0.478 e. The summed E-state index contributed by atoms with van der Waals surface area (Å²) in [6.45, 7) is 0. The average molecular weight is 400 g/mol. The standard InChI is InChI=1S/C14H8BrClN2O5/c15-11-4-1-7(5-12(11)16)17-13(19)10-6-8(18(22)23)2-3-9(10)14(20)21/h1-6H,(H,17,19)(H,20,21). The minimum absolute atomic E-state index is 0.314. The number of carboxylic acids is 1. The number of carboxylic acid groups (broad SMARTS) is 1. The molecule has 0 saturated carbocycles. The second-order valence-electron chi connectivity index (χ2n) is 4.38. The van der Waals surface area contributed by atoms with Crippen LogP contribution in [0.1, 0.15) is 20.7 Å². The van der Waals surface area contributed by atoms with E-state index in [1.807, 2.05) is 0 Å². The summed E-state index contributed by atoms with van der Waals surface area (Å²) in [6.07, 6.45) is 0. The number of rotatable bonds is 4. The normalized spacial score (nSPS) is 10.2. The van der Waals surface area contributed by atoms with Crippen molar-refractivity contribution in [3.63, 3.8) is 0 Å². The van der Waals surface area contributed by atoms with Gasteiger partial charge in [0.1, 0.15) is 0 Å². The molecular weight excluding hydrogens is 392 g/mol. The van der Waals surface area contributed by atoms with Gasteiger partial charge in [0, 0.05) is 22.3 Å². The number of hydrogen-bond acceptors (Lipinski definition) is 4. The van der Waals surface area contributed by atoms with Crippen molar-refractivity contribution >= 4 is 50.8 Å². The van der Waals surface area contributed by atoms with Gasteiger partial charge in [0.2, 0.25) is 0 Å². The van der Waals surface area contributed by atoms with Gasteiger partial charge in [-0.15, -0.1) is 0 Å². The largest absolute Gasteiger partial charge is 0.478 e. The van der Waals surface area contributed by atoms with Crippen LogP contribution >= 0.6 is 27.5 Å². The van der Waals surface area contributed by atoms with Crippen LogP contribution in [0, 0.1) is 10.1 Å². The molecule has 0 aliphatic heterocycles. The zero-order valence-electron chi connectivity index (χ0n) is 11.2. The number of halogens is 2. The quantitative estimate of drug-likeness (QED) is 0.597. The highest BCUT2D eigenvalue weighted by Gasteiger charge is 2.20. The van der Waals surface area contributed by atoms with Crippen molar-refractivity contribution in [2.45, 2.75) is 0 Å². The lowest BCUT2D eigenvalue weighted by Gasteiger charge is -2.08. The lowest BCUT2D eigenvalue weighted by Crippen LogP contribution is -2.16. The number of hydrogen-bond donors (Lipinski definition) is 2. The van der Waals surface area contributed by atoms with Gasteiger partial charge in [0.15, 0.2) is 0 Å². The molecule has 118 valence electrons. The van der Waals surface area contributed by atoms with Gasteiger partial charge in [-0.2, -0.15) is 0 Å². The van der Waals surface area contributed by atoms with Gasteiger partial charge < -0.3 is 10.4 Å². The summed E-state index contributed by atoms with van der Waals surface area (Å²) >= 11 is 9.11. The number of nitro groups is 1. The topological polar surface area (TPSA) is 110 Å². The van der Waals surface area contributed by atoms with Crippen molar-refractivity contribution in [3.05, 3.63) is 67.1 Å². The van der Waals surface area contributed by atoms with E-state index in [4.69, 9.17) is 16.7 Å². The molecule has 2 N–H and O–H groups in total. The van der Waals surface area contributed by atoms with E-state index in [0.29, 0.717) is 15.2 Å². The molecule has 2 aromatic carbocycles. The number of carbonyl (C=O) groups is 2. The van der Waals surface area contributed by atoms with Crippen LogP contribution in [0.3, 0.4) is 0 Å². The van der Waals surface area contributed by atoms with Crippen LogP contribution < -0.4 is 5.32 Å². The predicted octanol–water partition coefficient (Wildman–Crippen LogP) is 3.96. The molecule has 0 heterocycles. The van der Waals surface area contributed by atoms with Crippen LogP contribution in [0.25, 0.3) is 0 Å². The molecule has 0 radical (unpaired) electrons. The van der Waals surface area contributed by atoms with Crippen LogP contribution in [0.2, 0.25) is 5.02 Å². The summed E-state index contributed by atoms with van der Waals surface area (Å²) in [4.78, 5) is 33.5. The molecule has 2 rings (SSSR count). The van der Waals surface area contributed by atoms with Gasteiger partial charge in [-0.1, -0.05) is 11.6 Å². The molecule has 0 saturated heterocycles. The Balaban J connectivity index is 2.40. The van der Waals surface area contributed by atoms with Crippen LogP contribution in [-0.4, -0.2) is 21.9 Å². The molecule has 1 amide bonds. The third kappa shape index (κ3) is 3.85. The molecule has 2 aromatic rings. The maximum absolute atomic E-state index is 12.3. The number of amides is 1. The fraction of sp³-hybridized carbons (Fsp3) is 0. The van der Waals surface area contributed by atoms with E-state index < -0.39 is 16.8 Å². The molecule has 0 aromatic heterocycles. The first-order valence-corrected chi connectivity index (χ1v) is 7.25. The fourth-order valence-corrected chi connectivity index (χ4v) is 2.22. The highest BCUT2D eigenvalue weighted by molar-refractivity contribution is 9.10. The maximum atomic E-state index is 12.3. The summed E-state index contributed by atoms with van der Waals surface area (Å²) in [7, 11) is 0. The second-order valence-corrected chi connectivity index (χ2v) is 5.64. The monoisotopic (exact) mass is 398 g/mol. The van der Waals surface area contributed by atoms with Gasteiger partial charge in [0.25, 0.3) is 11.6 Å². The molecule has 0 atom stereocenters. The van der Waals surface area contributed by atoms with Crippen molar-refractivity contribution in [2.24, 2.45) is 0 Å². The van der Waals surface area contributed by atoms with Crippen molar-refractivity contribution in [2.75, 3.05) is 5.32 Å². The van der Waals surface area contributed by atoms with Crippen molar-refractivity contribution in [3.8, 4) is 0 Å². The number of nitrogens with zero attached hydrogens (tertiary/aromatic N) is 1. The molecule has 23 heavy (non-hydrogen) atoms. The zero-order chi connectivity index (χ0) is 17.1. The summed E-state index contributed by atoms with van der Waals surface area (Å²) in [5.41, 5.74) is -0.706. The van der Waals surface area contributed by atoms with E-state index in [2.05, 4.69) is 21.2 Å². The van der Waals surface area contributed by atoms with Gasteiger partial charge in [-0.3, -0.25) is 14.9 Å². The Morgan fingerprint density at radius 2 is 1.87 bits per heavy atom. The zero-order valence-corrected chi connectivity index (χ0v) is 13.6. The Bertz CT molecular complexity index is 825. The lowest BCUT2D eigenvalue weighted by molar-refractivity contribution is -0.384. The third-order valence-corrected chi connectivity index (χ3v) is 4.10. The SMILES string of the molecule is O=C(O)c1ccc([N+](=O)[O-])cc1C(=O)Nc1ccc(Br)c(Cl)c1. The number of non-ortho nitro benzene ring substituents is 1. The first-order valence-electron chi connectivity index (χ1n) is 6.07. The summed E-state index contributed by atoms with van der Waals surface area (Å²) in [5.74, 6) is -2.15. The molecule has 9 heteroatoms. The van der Waals surface area contributed by atoms with E-state index in [1.165, 1.54) is 6.07 Å². The van der Waals surface area contributed by atoms with E-state index in [9.17, 15) is 19.7 Å². The van der Waals surface area contributed by atoms with Crippen LogP contribution in [0.4, 0.5) is 11.4 Å². The first kappa shape index (κ1) is 16.9. The van der Waals surface area contributed by atoms with Gasteiger partial charge in [-0.25, -0.2) is 4.79 Å². The van der Waals surface area contributed by atoms with Crippen molar-refractivity contribution < 1.29 is 19.6 Å². The van der Waals surface area contributed by atoms with E-state index in [1.54, 1.807) is 12.1 Å². The molecule has 0 spiro atoms. The Morgan fingerprint density at radius 1 is 1.17 bits per heavy atom. The molecule has 7 nitrogen and oxygen atoms in total. The molecule has 0 unspecified atom stereocenters. The summed E-state index contributed by atoms with van der Waals surface area (Å²) in [5, 5.41) is 22.7. The summed E-state index contributed by atoms with van der Waals surface area (Å²) in [6, 6.07) is 7.57. The van der Waals surface area contributed by atoms with Crippen LogP contribution in [0.5, 0.6) is 0 Å². The highest BCUT2D eigenvalue weighted by atomic mass is 79.9. The smallest absolute Gasteiger partial charge is 0.336 e. The fourth-order valence-electron chi connectivity index (χ4n) is 1.79. The number of aromatic carboxylic acids is 1. The molecule has 0 aliphatic carbocycles. The van der Waals surface area contributed by atoms with Gasteiger partial charge in [0.05, 0.1) is 21.1 Å². The van der Waals surface area contributed by atoms with E-state index in [-0.39, 0.29) is 16.8 Å². The number of anilines is 1. The maximum Gasteiger partial charge on any atom is 0.336 e. The number of carbonyl (C=O) groups excluding carboxylic acids is 1. The van der Waals surface area contributed by atoms with Crippen molar-refractivity contribution in [1.82, 2.24) is 0 Å². The number of nitrogens with one attached hydrogen (secondary N) is 1. The minimum atomic E-state index is -1.36. The number of benzene rings is 2. The lowest BCUT2D eigenvalue weighted by atomic mass is 10.1. The summed E-state index contributed by atoms with van der Waals surface area (Å²) < 4.78 is 0.624. The molecular formula is C14H8BrClN2O5. The first-order chi connectivity index (χ1) is 10.8. The Hall–Kier alpha value is -2.45. The van der Waals surface area contributed by atoms with Gasteiger partial charge >= 0.3 is 5.97 Å². The van der Waals surface area contributed by atoms with Gasteiger partial charge in [-0.05, 0) is 40.2 Å². The van der Waals surface area contributed by atoms with E-state index in [0.717, 1.165) is 18.2 Å². The molecule has 0 bridgehead atoms. The van der Waals surface area contributed by atoms with Crippen LogP contribution in [0.15, 0.2) is 40.9 Å². The van der Waals surface area contributed by atoms with Crippen LogP contribution in [-0.2, 0) is 0 Å².